The molecular weight excluding hydrogens is 302 g/mol. The van der Waals surface area contributed by atoms with Crippen molar-refractivity contribution in [2.24, 2.45) is 0 Å². The summed E-state index contributed by atoms with van der Waals surface area (Å²) in [5, 5.41) is 8.07. The molecule has 1 aliphatic rings. The predicted octanol–water partition coefficient (Wildman–Crippen LogP) is 3.85. The van der Waals surface area contributed by atoms with Gasteiger partial charge in [-0.05, 0) is 73.5 Å². The highest BCUT2D eigenvalue weighted by Gasteiger charge is 2.15. The molecule has 0 spiro atoms. The van der Waals surface area contributed by atoms with Gasteiger partial charge in [-0.15, -0.1) is 0 Å². The van der Waals surface area contributed by atoms with Gasteiger partial charge in [0.1, 0.15) is 0 Å². The Hall–Kier alpha value is -1.52. The fourth-order valence-corrected chi connectivity index (χ4v) is 3.87. The molecule has 4 heteroatoms. The van der Waals surface area contributed by atoms with Crippen molar-refractivity contribution in [2.45, 2.75) is 26.3 Å². The molecule has 2 heterocycles. The molecule has 1 N–H and O–H groups in total. The average Bonchev–Trinajstić information content (AvgIpc) is 3.00. The molecule has 3 rings (SSSR count). The Bertz CT molecular complexity index is 616. The summed E-state index contributed by atoms with van der Waals surface area (Å²) in [5.74, 6) is 0. The summed E-state index contributed by atoms with van der Waals surface area (Å²) in [5.41, 5.74) is 5.33. The van der Waals surface area contributed by atoms with Crippen LogP contribution < -0.4 is 10.2 Å². The Morgan fingerprint density at radius 1 is 1.17 bits per heavy atom. The molecule has 1 aromatic carbocycles. The number of hydrogen-bond acceptors (Lipinski definition) is 4. The minimum absolute atomic E-state index is 0.437. The van der Waals surface area contributed by atoms with Crippen LogP contribution in [0.4, 0.5) is 11.4 Å². The van der Waals surface area contributed by atoms with Crippen LogP contribution in [0, 0.1) is 6.92 Å². The van der Waals surface area contributed by atoms with E-state index in [0.717, 1.165) is 32.6 Å². The smallest absolute Gasteiger partial charge is 0.0390 e. The molecule has 0 unspecified atom stereocenters. The number of hydrogen-bond donors (Lipinski definition) is 1. The van der Waals surface area contributed by atoms with Gasteiger partial charge in [0, 0.05) is 43.6 Å². The number of aryl methyl sites for hydroxylation is 1. The molecule has 1 aliphatic heterocycles. The molecule has 1 saturated heterocycles. The SMILES string of the molecule is Cc1cc(N[C@@H](C)Cc2ccsc2)cc(N2CCN(C)CC2)c1. The largest absolute Gasteiger partial charge is 0.382 e. The second-order valence-electron chi connectivity index (χ2n) is 6.73. The minimum atomic E-state index is 0.437. The number of rotatable bonds is 5. The third kappa shape index (κ3) is 4.49. The predicted molar refractivity (Wildman–Crippen MR) is 102 cm³/mol. The Labute approximate surface area is 143 Å². The van der Waals surface area contributed by atoms with E-state index in [2.05, 4.69) is 71.0 Å². The van der Waals surface area contributed by atoms with Gasteiger partial charge < -0.3 is 15.1 Å². The zero-order valence-corrected chi connectivity index (χ0v) is 15.2. The number of benzene rings is 1. The maximum absolute atomic E-state index is 3.68. The van der Waals surface area contributed by atoms with Crippen molar-refractivity contribution in [2.75, 3.05) is 43.4 Å². The zero-order chi connectivity index (χ0) is 16.2. The van der Waals surface area contributed by atoms with E-state index >= 15 is 0 Å². The first-order chi connectivity index (χ1) is 11.1. The lowest BCUT2D eigenvalue weighted by Gasteiger charge is -2.34. The summed E-state index contributed by atoms with van der Waals surface area (Å²) < 4.78 is 0. The number of anilines is 2. The second-order valence-corrected chi connectivity index (χ2v) is 7.51. The van der Waals surface area contributed by atoms with E-state index in [1.54, 1.807) is 11.3 Å². The number of thiophene rings is 1. The Morgan fingerprint density at radius 3 is 2.65 bits per heavy atom. The van der Waals surface area contributed by atoms with E-state index in [-0.39, 0.29) is 0 Å². The first kappa shape index (κ1) is 16.3. The first-order valence-electron chi connectivity index (χ1n) is 8.43. The van der Waals surface area contributed by atoms with Crippen molar-refractivity contribution in [1.29, 1.82) is 0 Å². The highest BCUT2D eigenvalue weighted by molar-refractivity contribution is 7.07. The summed E-state index contributed by atoms with van der Waals surface area (Å²) >= 11 is 1.77. The van der Waals surface area contributed by atoms with E-state index in [1.807, 2.05) is 0 Å². The Balaban J connectivity index is 1.67. The Morgan fingerprint density at radius 2 is 1.96 bits per heavy atom. The van der Waals surface area contributed by atoms with Crippen LogP contribution in [0.5, 0.6) is 0 Å². The van der Waals surface area contributed by atoms with Crippen LogP contribution in [0.15, 0.2) is 35.0 Å². The van der Waals surface area contributed by atoms with E-state index in [0.29, 0.717) is 6.04 Å². The van der Waals surface area contributed by atoms with Gasteiger partial charge in [0.05, 0.1) is 0 Å². The summed E-state index contributed by atoms with van der Waals surface area (Å²) in [7, 11) is 2.20. The van der Waals surface area contributed by atoms with E-state index in [9.17, 15) is 0 Å². The van der Waals surface area contributed by atoms with E-state index < -0.39 is 0 Å². The highest BCUT2D eigenvalue weighted by Crippen LogP contribution is 2.24. The van der Waals surface area contributed by atoms with Crippen LogP contribution in [-0.4, -0.2) is 44.2 Å². The Kier molecular flexibility index (Phi) is 5.23. The fourth-order valence-electron chi connectivity index (χ4n) is 3.19. The number of likely N-dealkylation sites (N-methyl/N-ethyl adjacent to an activating group) is 1. The molecule has 3 nitrogen and oxygen atoms in total. The van der Waals surface area contributed by atoms with E-state index in [4.69, 9.17) is 0 Å². The van der Waals surface area contributed by atoms with Crippen molar-refractivity contribution in [3.8, 4) is 0 Å². The van der Waals surface area contributed by atoms with Crippen molar-refractivity contribution >= 4 is 22.7 Å². The topological polar surface area (TPSA) is 18.5 Å². The molecule has 0 bridgehead atoms. The van der Waals surface area contributed by atoms with Gasteiger partial charge in [-0.3, -0.25) is 0 Å². The average molecular weight is 330 g/mol. The second kappa shape index (κ2) is 7.37. The molecule has 0 saturated carbocycles. The van der Waals surface area contributed by atoms with Crippen LogP contribution in [0.2, 0.25) is 0 Å². The van der Waals surface area contributed by atoms with Gasteiger partial charge >= 0.3 is 0 Å². The normalized spacial score (nSPS) is 17.3. The van der Waals surface area contributed by atoms with Crippen LogP contribution in [0.25, 0.3) is 0 Å². The third-order valence-electron chi connectivity index (χ3n) is 4.47. The van der Waals surface area contributed by atoms with Gasteiger partial charge in [0.2, 0.25) is 0 Å². The molecule has 0 radical (unpaired) electrons. The molecule has 124 valence electrons. The molecule has 0 aliphatic carbocycles. The van der Waals surface area contributed by atoms with Crippen molar-refractivity contribution in [3.05, 3.63) is 46.2 Å². The number of nitrogens with zero attached hydrogens (tertiary/aromatic N) is 2. The molecule has 1 fully saturated rings. The van der Waals surface area contributed by atoms with E-state index in [1.165, 1.54) is 22.5 Å². The zero-order valence-electron chi connectivity index (χ0n) is 14.4. The first-order valence-corrected chi connectivity index (χ1v) is 9.37. The van der Waals surface area contributed by atoms with Gasteiger partial charge in [-0.25, -0.2) is 0 Å². The maximum atomic E-state index is 3.68. The van der Waals surface area contributed by atoms with Crippen LogP contribution in [0.1, 0.15) is 18.1 Å². The van der Waals surface area contributed by atoms with Gasteiger partial charge in [0.15, 0.2) is 0 Å². The lowest BCUT2D eigenvalue weighted by molar-refractivity contribution is 0.313. The number of nitrogens with one attached hydrogen (secondary N) is 1. The summed E-state index contributed by atoms with van der Waals surface area (Å²) in [6, 6.07) is 9.52. The molecular formula is C19H27N3S. The number of piperazine rings is 1. The van der Waals surface area contributed by atoms with Crippen LogP contribution >= 0.6 is 11.3 Å². The van der Waals surface area contributed by atoms with Gasteiger partial charge in [-0.2, -0.15) is 11.3 Å². The van der Waals surface area contributed by atoms with Crippen molar-refractivity contribution in [3.63, 3.8) is 0 Å². The third-order valence-corrected chi connectivity index (χ3v) is 5.20. The lowest BCUT2D eigenvalue weighted by atomic mass is 10.1. The summed E-state index contributed by atoms with van der Waals surface area (Å²) in [6.45, 7) is 8.97. The minimum Gasteiger partial charge on any atom is -0.382 e. The molecule has 0 amide bonds. The molecule has 23 heavy (non-hydrogen) atoms. The van der Waals surface area contributed by atoms with Gasteiger partial charge in [-0.1, -0.05) is 0 Å². The molecule has 1 atom stereocenters. The fraction of sp³-hybridized carbons (Fsp3) is 0.474. The lowest BCUT2D eigenvalue weighted by Crippen LogP contribution is -2.44. The molecule has 2 aromatic rings. The monoisotopic (exact) mass is 329 g/mol. The quantitative estimate of drug-likeness (QED) is 0.899. The molecule has 1 aromatic heterocycles. The maximum Gasteiger partial charge on any atom is 0.0390 e. The van der Waals surface area contributed by atoms with Crippen molar-refractivity contribution in [1.82, 2.24) is 4.90 Å². The highest BCUT2D eigenvalue weighted by atomic mass is 32.1. The summed E-state index contributed by atoms with van der Waals surface area (Å²) in [6.07, 6.45) is 1.07. The standard InChI is InChI=1S/C19H27N3S/c1-15-10-18(20-16(2)12-17-4-9-23-14-17)13-19(11-15)22-7-5-21(3)6-8-22/h4,9-11,13-14,16,20H,5-8,12H2,1-3H3/t16-/m0/s1. The van der Waals surface area contributed by atoms with Crippen LogP contribution in [-0.2, 0) is 6.42 Å². The van der Waals surface area contributed by atoms with Gasteiger partial charge in [0.25, 0.3) is 0 Å². The van der Waals surface area contributed by atoms with Crippen LogP contribution in [0.3, 0.4) is 0 Å². The van der Waals surface area contributed by atoms with Crippen molar-refractivity contribution < 1.29 is 0 Å². The summed E-state index contributed by atoms with van der Waals surface area (Å²) in [4.78, 5) is 4.90.